The first-order chi connectivity index (χ1) is 7.63. The predicted octanol–water partition coefficient (Wildman–Crippen LogP) is 0.910. The zero-order valence-electron chi connectivity index (χ0n) is 9.65. The van der Waals surface area contributed by atoms with E-state index in [1.165, 1.54) is 0 Å². The van der Waals surface area contributed by atoms with Gasteiger partial charge < -0.3 is 10.0 Å². The zero-order chi connectivity index (χ0) is 11.8. The van der Waals surface area contributed by atoms with E-state index in [0.29, 0.717) is 25.3 Å². The number of aliphatic hydroxyl groups is 1. The summed E-state index contributed by atoms with van der Waals surface area (Å²) in [6.07, 6.45) is 3.39. The van der Waals surface area contributed by atoms with Crippen molar-refractivity contribution in [3.63, 3.8) is 0 Å². The third-order valence-corrected chi connectivity index (χ3v) is 3.61. The molecule has 88 valence electrons. The van der Waals surface area contributed by atoms with Gasteiger partial charge in [0.15, 0.2) is 0 Å². The second kappa shape index (κ2) is 4.06. The Hall–Kier alpha value is -1.08. The van der Waals surface area contributed by atoms with Crippen LogP contribution in [0, 0.1) is 22.7 Å². The standard InChI is InChI=1S/C12H18N2O2/c1-9-6-12(7-9,8-13)11(16)14(4-5-15)10-2-3-10/h9-10,15H,2-7H2,1H3. The van der Waals surface area contributed by atoms with E-state index in [-0.39, 0.29) is 18.6 Å². The van der Waals surface area contributed by atoms with E-state index >= 15 is 0 Å². The highest BCUT2D eigenvalue weighted by atomic mass is 16.3. The first-order valence-corrected chi connectivity index (χ1v) is 5.96. The van der Waals surface area contributed by atoms with Gasteiger partial charge in [0, 0.05) is 12.6 Å². The Morgan fingerprint density at radius 2 is 2.19 bits per heavy atom. The predicted molar refractivity (Wildman–Crippen MR) is 58.3 cm³/mol. The van der Waals surface area contributed by atoms with Crippen molar-refractivity contribution < 1.29 is 9.90 Å². The van der Waals surface area contributed by atoms with Gasteiger partial charge in [-0.3, -0.25) is 4.79 Å². The molecule has 0 spiro atoms. The Balaban J connectivity index is 2.07. The van der Waals surface area contributed by atoms with Crippen molar-refractivity contribution in [2.24, 2.45) is 11.3 Å². The summed E-state index contributed by atoms with van der Waals surface area (Å²) in [6.45, 7) is 2.43. The molecule has 0 heterocycles. The van der Waals surface area contributed by atoms with Crippen LogP contribution in [-0.4, -0.2) is 35.1 Å². The lowest BCUT2D eigenvalue weighted by Gasteiger charge is -2.42. The Morgan fingerprint density at radius 1 is 1.56 bits per heavy atom. The Morgan fingerprint density at radius 3 is 2.56 bits per heavy atom. The molecule has 16 heavy (non-hydrogen) atoms. The number of carbonyl (C=O) groups is 1. The molecular formula is C12H18N2O2. The van der Waals surface area contributed by atoms with Crippen LogP contribution >= 0.6 is 0 Å². The summed E-state index contributed by atoms with van der Waals surface area (Å²) >= 11 is 0. The monoisotopic (exact) mass is 222 g/mol. The fourth-order valence-electron chi connectivity index (χ4n) is 2.66. The lowest BCUT2D eigenvalue weighted by Crippen LogP contribution is -2.51. The van der Waals surface area contributed by atoms with Crippen molar-refractivity contribution in [3.8, 4) is 6.07 Å². The summed E-state index contributed by atoms with van der Waals surface area (Å²) in [4.78, 5) is 14.0. The molecule has 0 atom stereocenters. The summed E-state index contributed by atoms with van der Waals surface area (Å²) in [5, 5.41) is 18.2. The van der Waals surface area contributed by atoms with Gasteiger partial charge in [-0.2, -0.15) is 5.26 Å². The largest absolute Gasteiger partial charge is 0.395 e. The van der Waals surface area contributed by atoms with Crippen LogP contribution < -0.4 is 0 Å². The molecule has 4 heteroatoms. The lowest BCUT2D eigenvalue weighted by atomic mass is 9.62. The minimum absolute atomic E-state index is 0.0146. The molecule has 1 N–H and O–H groups in total. The van der Waals surface area contributed by atoms with Crippen molar-refractivity contribution in [2.75, 3.05) is 13.2 Å². The maximum atomic E-state index is 12.3. The van der Waals surface area contributed by atoms with Crippen LogP contribution in [0.4, 0.5) is 0 Å². The minimum atomic E-state index is -0.781. The third kappa shape index (κ3) is 1.80. The van der Waals surface area contributed by atoms with Crippen LogP contribution in [0.25, 0.3) is 0 Å². The van der Waals surface area contributed by atoms with Gasteiger partial charge in [0.1, 0.15) is 5.41 Å². The molecule has 0 saturated heterocycles. The molecular weight excluding hydrogens is 204 g/mol. The zero-order valence-corrected chi connectivity index (χ0v) is 9.65. The van der Waals surface area contributed by atoms with E-state index in [2.05, 4.69) is 13.0 Å². The van der Waals surface area contributed by atoms with Gasteiger partial charge in [0.25, 0.3) is 0 Å². The van der Waals surface area contributed by atoms with Crippen molar-refractivity contribution >= 4 is 5.91 Å². The summed E-state index contributed by atoms with van der Waals surface area (Å²) in [5.41, 5.74) is -0.781. The molecule has 0 radical (unpaired) electrons. The third-order valence-electron chi connectivity index (χ3n) is 3.61. The molecule has 2 rings (SSSR count). The Kier molecular flexibility index (Phi) is 2.90. The first-order valence-electron chi connectivity index (χ1n) is 5.96. The van der Waals surface area contributed by atoms with E-state index in [9.17, 15) is 10.1 Å². The smallest absolute Gasteiger partial charge is 0.243 e. The van der Waals surface area contributed by atoms with Crippen LogP contribution in [0.15, 0.2) is 0 Å². The van der Waals surface area contributed by atoms with E-state index < -0.39 is 5.41 Å². The van der Waals surface area contributed by atoms with Crippen LogP contribution in [0.1, 0.15) is 32.6 Å². The molecule has 2 saturated carbocycles. The highest BCUT2D eigenvalue weighted by Crippen LogP contribution is 2.47. The lowest BCUT2D eigenvalue weighted by molar-refractivity contribution is -0.146. The maximum absolute atomic E-state index is 12.3. The Labute approximate surface area is 95.9 Å². The van der Waals surface area contributed by atoms with Crippen LogP contribution in [0.2, 0.25) is 0 Å². The molecule has 1 amide bonds. The molecule has 0 aliphatic heterocycles. The van der Waals surface area contributed by atoms with Crippen LogP contribution in [0.3, 0.4) is 0 Å². The van der Waals surface area contributed by atoms with Crippen molar-refractivity contribution in [1.82, 2.24) is 4.90 Å². The molecule has 0 bridgehead atoms. The van der Waals surface area contributed by atoms with Crippen molar-refractivity contribution in [1.29, 1.82) is 5.26 Å². The molecule has 0 aromatic heterocycles. The molecule has 2 aliphatic rings. The van der Waals surface area contributed by atoms with Gasteiger partial charge in [-0.05, 0) is 31.6 Å². The summed E-state index contributed by atoms with van der Waals surface area (Å²) in [6, 6.07) is 2.47. The normalized spacial score (nSPS) is 32.7. The fourth-order valence-corrected chi connectivity index (χ4v) is 2.66. The number of aliphatic hydroxyl groups excluding tert-OH is 1. The van der Waals surface area contributed by atoms with Crippen molar-refractivity contribution in [3.05, 3.63) is 0 Å². The maximum Gasteiger partial charge on any atom is 0.243 e. The summed E-state index contributed by atoms with van der Waals surface area (Å²) < 4.78 is 0. The SMILES string of the molecule is CC1CC(C#N)(C(=O)N(CCO)C2CC2)C1. The highest BCUT2D eigenvalue weighted by molar-refractivity contribution is 5.87. The number of nitrogens with zero attached hydrogens (tertiary/aromatic N) is 2. The molecule has 4 nitrogen and oxygen atoms in total. The van der Waals surface area contributed by atoms with Crippen LogP contribution in [-0.2, 0) is 4.79 Å². The average Bonchev–Trinajstić information content (AvgIpc) is 3.04. The number of carbonyl (C=O) groups excluding carboxylic acids is 1. The van der Waals surface area contributed by atoms with Gasteiger partial charge >= 0.3 is 0 Å². The molecule has 0 aromatic carbocycles. The van der Waals surface area contributed by atoms with Crippen LogP contribution in [0.5, 0.6) is 0 Å². The molecule has 2 fully saturated rings. The number of amides is 1. The summed E-state index contributed by atoms with van der Waals surface area (Å²) in [7, 11) is 0. The number of hydrogen-bond donors (Lipinski definition) is 1. The van der Waals surface area contributed by atoms with Gasteiger partial charge in [0.05, 0.1) is 12.7 Å². The number of hydrogen-bond acceptors (Lipinski definition) is 3. The average molecular weight is 222 g/mol. The number of nitriles is 1. The van der Waals surface area contributed by atoms with Gasteiger partial charge in [0.2, 0.25) is 5.91 Å². The van der Waals surface area contributed by atoms with E-state index in [0.717, 1.165) is 12.8 Å². The number of rotatable bonds is 4. The second-order valence-corrected chi connectivity index (χ2v) is 5.16. The quantitative estimate of drug-likeness (QED) is 0.769. The minimum Gasteiger partial charge on any atom is -0.395 e. The van der Waals surface area contributed by atoms with E-state index in [4.69, 9.17) is 5.11 Å². The second-order valence-electron chi connectivity index (χ2n) is 5.16. The molecule has 0 aromatic rings. The molecule has 0 unspecified atom stereocenters. The Bertz CT molecular complexity index is 324. The van der Waals surface area contributed by atoms with Gasteiger partial charge in [-0.15, -0.1) is 0 Å². The van der Waals surface area contributed by atoms with Crippen molar-refractivity contribution in [2.45, 2.75) is 38.6 Å². The summed E-state index contributed by atoms with van der Waals surface area (Å²) in [5.74, 6) is 0.420. The van der Waals surface area contributed by atoms with Gasteiger partial charge in [-0.1, -0.05) is 6.92 Å². The first kappa shape index (κ1) is 11.4. The molecule has 2 aliphatic carbocycles. The van der Waals surface area contributed by atoms with Gasteiger partial charge in [-0.25, -0.2) is 0 Å². The van der Waals surface area contributed by atoms with E-state index in [1.54, 1.807) is 4.90 Å². The highest BCUT2D eigenvalue weighted by Gasteiger charge is 2.52. The fraction of sp³-hybridized carbons (Fsp3) is 0.833. The topological polar surface area (TPSA) is 64.3 Å². The van der Waals surface area contributed by atoms with E-state index in [1.807, 2.05) is 0 Å².